The van der Waals surface area contributed by atoms with E-state index < -0.39 is 11.1 Å². The second-order valence-corrected chi connectivity index (χ2v) is 1.08. The van der Waals surface area contributed by atoms with E-state index in [0.29, 0.717) is 0 Å². The number of carbonyl (C=O) groups is 1. The van der Waals surface area contributed by atoms with Gasteiger partial charge in [-0.1, -0.05) is 6.92 Å². The summed E-state index contributed by atoms with van der Waals surface area (Å²) in [5.41, 5.74) is 0. The molecule has 0 saturated heterocycles. The van der Waals surface area contributed by atoms with Crippen LogP contribution in [0.2, 0.25) is 0 Å². The van der Waals surface area contributed by atoms with E-state index in [0.717, 1.165) is 0 Å². The minimum Gasteiger partial charge on any atom is -0.593 e. The smallest absolute Gasteiger partial charge is 0.343 e. The summed E-state index contributed by atoms with van der Waals surface area (Å²) in [5.74, 6) is -0.736. The molecule has 0 heterocycles. The van der Waals surface area contributed by atoms with Gasteiger partial charge in [0.1, 0.15) is 0 Å². The van der Waals surface area contributed by atoms with Crippen molar-refractivity contribution in [2.45, 2.75) is 13.3 Å². The van der Waals surface area contributed by atoms with Gasteiger partial charge in [0.15, 0.2) is 0 Å². The van der Waals surface area contributed by atoms with Gasteiger partial charge in [0, 0.05) is 0 Å². The maximum Gasteiger partial charge on any atom is 0.343 e. The van der Waals surface area contributed by atoms with Crippen LogP contribution in [0.5, 0.6) is 0 Å². The van der Waals surface area contributed by atoms with Crippen LogP contribution in [0.25, 0.3) is 0 Å². The summed E-state index contributed by atoms with van der Waals surface area (Å²) in [4.78, 5) is 9.91. The number of amides is 1. The van der Waals surface area contributed by atoms with Crippen molar-refractivity contribution in [3.63, 3.8) is 0 Å². The van der Waals surface area contributed by atoms with Crippen LogP contribution in [0.15, 0.2) is 0 Å². The van der Waals surface area contributed by atoms with Gasteiger partial charge in [-0.3, -0.25) is 0 Å². The number of hydrogen-bond donors (Lipinski definition) is 2. The first kappa shape index (κ1) is 6.55. The average molecular weight is 105 g/mol. The molecule has 0 fully saturated rings. The molecule has 4 heteroatoms. The van der Waals surface area contributed by atoms with Gasteiger partial charge in [0.2, 0.25) is 0 Å². The molecule has 0 saturated carbocycles. The van der Waals surface area contributed by atoms with Crippen molar-refractivity contribution in [1.82, 2.24) is 0 Å². The molecule has 4 nitrogen and oxygen atoms in total. The molecule has 1 amide bonds. The van der Waals surface area contributed by atoms with Crippen molar-refractivity contribution < 1.29 is 15.2 Å². The number of nitrogens with one attached hydrogen (secondary N) is 1. The molecule has 0 radical (unpaired) electrons. The van der Waals surface area contributed by atoms with Crippen LogP contribution in [0.1, 0.15) is 13.3 Å². The second kappa shape index (κ2) is 2.68. The number of quaternary nitrogens is 1. The maximum absolute atomic E-state index is 9.91. The van der Waals surface area contributed by atoms with E-state index in [4.69, 9.17) is 5.21 Å². The fourth-order valence-corrected chi connectivity index (χ4v) is 0.151. The highest BCUT2D eigenvalue weighted by atomic mass is 16.8. The van der Waals surface area contributed by atoms with Crippen LogP contribution in [0.4, 0.5) is 0 Å². The lowest BCUT2D eigenvalue weighted by molar-refractivity contribution is -0.978. The van der Waals surface area contributed by atoms with Crippen LogP contribution >= 0.6 is 0 Å². The summed E-state index contributed by atoms with van der Waals surface area (Å²) in [6.45, 7) is 1.51. The fraction of sp³-hybridized carbons (Fsp3) is 0.667. The molecule has 0 aliphatic rings. The zero-order valence-electron chi connectivity index (χ0n) is 3.97. The monoisotopic (exact) mass is 105 g/mol. The third kappa shape index (κ3) is 2.27. The molecule has 0 aliphatic carbocycles. The Bertz CT molecular complexity index is 70.6. The zero-order valence-corrected chi connectivity index (χ0v) is 3.97. The SMILES string of the molecule is CCC(=O)[NH+]([O-])O. The molecule has 0 bridgehead atoms. The largest absolute Gasteiger partial charge is 0.593 e. The van der Waals surface area contributed by atoms with E-state index in [-0.39, 0.29) is 6.42 Å². The molecule has 0 aromatic carbocycles. The minimum absolute atomic E-state index is 0.0787. The van der Waals surface area contributed by atoms with Crippen LogP contribution in [-0.2, 0) is 4.79 Å². The van der Waals surface area contributed by atoms with E-state index in [1.807, 2.05) is 0 Å². The quantitative estimate of drug-likeness (QED) is 0.321. The van der Waals surface area contributed by atoms with Gasteiger partial charge in [-0.25, -0.2) is 10.0 Å². The average Bonchev–Trinajstić information content (AvgIpc) is 1.65. The third-order valence-corrected chi connectivity index (χ3v) is 0.560. The molecule has 0 aromatic heterocycles. The van der Waals surface area contributed by atoms with E-state index in [9.17, 15) is 10.0 Å². The highest BCUT2D eigenvalue weighted by molar-refractivity contribution is 5.65. The summed E-state index contributed by atoms with van der Waals surface area (Å²) in [7, 11) is 0. The molecule has 0 aliphatic heterocycles. The molecule has 0 aromatic rings. The minimum atomic E-state index is -1.34. The summed E-state index contributed by atoms with van der Waals surface area (Å²) in [6.07, 6.45) is 0.0787. The lowest BCUT2D eigenvalue weighted by Crippen LogP contribution is -3.07. The van der Waals surface area contributed by atoms with E-state index >= 15 is 0 Å². The Balaban J connectivity index is 3.35. The summed E-state index contributed by atoms with van der Waals surface area (Å²) in [5, 5.41) is 16.1. The third-order valence-electron chi connectivity index (χ3n) is 0.560. The second-order valence-electron chi connectivity index (χ2n) is 1.08. The van der Waals surface area contributed by atoms with Gasteiger partial charge in [-0.2, -0.15) is 5.23 Å². The Morgan fingerprint density at radius 3 is 2.43 bits per heavy atom. The van der Waals surface area contributed by atoms with Crippen molar-refractivity contribution >= 4 is 5.91 Å². The lowest BCUT2D eigenvalue weighted by Gasteiger charge is -2.05. The predicted molar refractivity (Wildman–Crippen MR) is 21.4 cm³/mol. The van der Waals surface area contributed by atoms with Gasteiger partial charge < -0.3 is 5.21 Å². The van der Waals surface area contributed by atoms with Crippen LogP contribution in [-0.4, -0.2) is 11.1 Å². The maximum atomic E-state index is 9.91. The van der Waals surface area contributed by atoms with Crippen molar-refractivity contribution in [3.05, 3.63) is 5.21 Å². The number of hydroxylamine groups is 2. The molecule has 2 N–H and O–H groups in total. The van der Waals surface area contributed by atoms with Crippen LogP contribution < -0.4 is 5.23 Å². The Morgan fingerprint density at radius 2 is 2.43 bits per heavy atom. The van der Waals surface area contributed by atoms with Gasteiger partial charge >= 0.3 is 5.91 Å². The predicted octanol–water partition coefficient (Wildman–Crippen LogP) is -1.31. The van der Waals surface area contributed by atoms with E-state index in [1.54, 1.807) is 0 Å². The molecule has 0 rings (SSSR count). The molecule has 0 spiro atoms. The topological polar surface area (TPSA) is 64.8 Å². The van der Waals surface area contributed by atoms with Gasteiger partial charge in [0.25, 0.3) is 0 Å². The van der Waals surface area contributed by atoms with Crippen LogP contribution in [0, 0.1) is 5.21 Å². The summed E-state index contributed by atoms with van der Waals surface area (Å²) in [6, 6.07) is 0. The Labute approximate surface area is 40.9 Å². The van der Waals surface area contributed by atoms with E-state index in [2.05, 4.69) is 0 Å². The molecule has 42 valence electrons. The molecule has 7 heavy (non-hydrogen) atoms. The summed E-state index contributed by atoms with van der Waals surface area (Å²) < 4.78 is 0. The zero-order chi connectivity index (χ0) is 5.86. The molecular formula is C3H7NO3. The number of rotatable bonds is 1. The van der Waals surface area contributed by atoms with E-state index in [1.165, 1.54) is 6.92 Å². The van der Waals surface area contributed by atoms with Crippen molar-refractivity contribution in [3.8, 4) is 0 Å². The van der Waals surface area contributed by atoms with Crippen molar-refractivity contribution in [2.24, 2.45) is 0 Å². The molecule has 1 atom stereocenters. The van der Waals surface area contributed by atoms with Crippen molar-refractivity contribution in [2.75, 3.05) is 0 Å². The van der Waals surface area contributed by atoms with Gasteiger partial charge in [-0.15, -0.1) is 0 Å². The van der Waals surface area contributed by atoms with Gasteiger partial charge in [0.05, 0.1) is 6.42 Å². The molecular weight excluding hydrogens is 98.0 g/mol. The number of hydrogen-bond acceptors (Lipinski definition) is 3. The first-order chi connectivity index (χ1) is 3.18. The number of carbonyl (C=O) groups excluding carboxylic acids is 1. The lowest BCUT2D eigenvalue weighted by atomic mass is 10.5. The van der Waals surface area contributed by atoms with Crippen LogP contribution in [0.3, 0.4) is 0 Å². The first-order valence-corrected chi connectivity index (χ1v) is 1.94. The Morgan fingerprint density at radius 1 is 2.00 bits per heavy atom. The Kier molecular flexibility index (Phi) is 2.51. The summed E-state index contributed by atoms with van der Waals surface area (Å²) >= 11 is 0. The van der Waals surface area contributed by atoms with Gasteiger partial charge in [-0.05, 0) is 0 Å². The Hall–Kier alpha value is -0.450. The van der Waals surface area contributed by atoms with Crippen molar-refractivity contribution in [1.29, 1.82) is 0 Å². The highest BCUT2D eigenvalue weighted by Gasteiger charge is 2.01. The first-order valence-electron chi connectivity index (χ1n) is 1.94. The molecule has 1 unspecified atom stereocenters. The highest BCUT2D eigenvalue weighted by Crippen LogP contribution is 1.64. The normalized spacial score (nSPS) is 13.6. The standard InChI is InChI=1S/C3H7NO3/c1-2-3(5)4(6)7/h4,6H,2H2,1H3. The fourth-order valence-electron chi connectivity index (χ4n) is 0.151.